The maximum Gasteiger partial charge on any atom is 0.157 e. The summed E-state index contributed by atoms with van der Waals surface area (Å²) in [4.78, 5) is 0. The number of aryl methyl sites for hydroxylation is 4. The Balaban J connectivity index is 1.61. The zero-order valence-corrected chi connectivity index (χ0v) is 14.4. The molecule has 0 saturated carbocycles. The van der Waals surface area contributed by atoms with Gasteiger partial charge in [0, 0.05) is 6.07 Å². The summed E-state index contributed by atoms with van der Waals surface area (Å²) in [5, 5.41) is 38.1. The van der Waals surface area contributed by atoms with Crippen molar-refractivity contribution in [3.05, 3.63) is 82.9 Å². The molecule has 0 aliphatic heterocycles. The van der Waals surface area contributed by atoms with Crippen LogP contribution in [0.5, 0.6) is 23.0 Å². The average molecular weight is 350 g/mol. The van der Waals surface area contributed by atoms with Gasteiger partial charge in [-0.05, 0) is 72.2 Å². The quantitative estimate of drug-likeness (QED) is 0.505. The van der Waals surface area contributed by atoms with Crippen molar-refractivity contribution in [1.29, 1.82) is 0 Å². The monoisotopic (exact) mass is 350 g/mol. The van der Waals surface area contributed by atoms with Crippen molar-refractivity contribution in [3.63, 3.8) is 0 Å². The van der Waals surface area contributed by atoms with Gasteiger partial charge in [0.25, 0.3) is 0 Å². The second kappa shape index (κ2) is 7.83. The summed E-state index contributed by atoms with van der Waals surface area (Å²) in [6.07, 6.45) is 3.16. The number of benzene rings is 3. The molecule has 4 nitrogen and oxygen atoms in total. The fourth-order valence-electron chi connectivity index (χ4n) is 3.04. The molecule has 134 valence electrons. The molecule has 0 spiro atoms. The van der Waals surface area contributed by atoms with Gasteiger partial charge in [0.15, 0.2) is 11.5 Å². The third-order valence-corrected chi connectivity index (χ3v) is 4.40. The lowest BCUT2D eigenvalue weighted by Gasteiger charge is -2.08. The first kappa shape index (κ1) is 17.7. The summed E-state index contributed by atoms with van der Waals surface area (Å²) < 4.78 is 0. The van der Waals surface area contributed by atoms with Gasteiger partial charge < -0.3 is 20.4 Å². The van der Waals surface area contributed by atoms with Crippen LogP contribution in [0.2, 0.25) is 0 Å². The van der Waals surface area contributed by atoms with Crippen LogP contribution in [0.25, 0.3) is 0 Å². The summed E-state index contributed by atoms with van der Waals surface area (Å²) in [7, 11) is 0. The number of hydrogen-bond donors (Lipinski definition) is 4. The Morgan fingerprint density at radius 3 is 1.58 bits per heavy atom. The van der Waals surface area contributed by atoms with Crippen molar-refractivity contribution in [1.82, 2.24) is 0 Å². The summed E-state index contributed by atoms with van der Waals surface area (Å²) in [6.45, 7) is 0. The highest BCUT2D eigenvalue weighted by atomic mass is 16.3. The molecule has 26 heavy (non-hydrogen) atoms. The summed E-state index contributed by atoms with van der Waals surface area (Å²) in [5.41, 5.74) is 4.26. The van der Waals surface area contributed by atoms with Gasteiger partial charge in [0.2, 0.25) is 0 Å². The smallest absolute Gasteiger partial charge is 0.157 e. The maximum absolute atomic E-state index is 9.57. The fraction of sp³-hybridized carbons (Fsp3) is 0.182. The topological polar surface area (TPSA) is 80.9 Å². The molecule has 0 aliphatic rings. The Morgan fingerprint density at radius 2 is 1.00 bits per heavy atom. The van der Waals surface area contributed by atoms with E-state index in [0.29, 0.717) is 0 Å². The highest BCUT2D eigenvalue weighted by Crippen LogP contribution is 2.26. The van der Waals surface area contributed by atoms with Crippen LogP contribution in [0, 0.1) is 0 Å². The molecule has 0 amide bonds. The minimum atomic E-state index is -0.103. The molecule has 3 rings (SSSR count). The van der Waals surface area contributed by atoms with Gasteiger partial charge in [-0.25, -0.2) is 0 Å². The zero-order chi connectivity index (χ0) is 18.5. The largest absolute Gasteiger partial charge is 0.508 e. The van der Waals surface area contributed by atoms with Crippen molar-refractivity contribution in [2.75, 3.05) is 0 Å². The van der Waals surface area contributed by atoms with E-state index < -0.39 is 0 Å². The molecule has 0 heterocycles. The fourth-order valence-corrected chi connectivity index (χ4v) is 3.04. The van der Waals surface area contributed by atoms with E-state index in [-0.39, 0.29) is 23.0 Å². The Kier molecular flexibility index (Phi) is 5.32. The molecule has 0 radical (unpaired) electrons. The first-order valence-electron chi connectivity index (χ1n) is 8.60. The molecule has 0 fully saturated rings. The highest BCUT2D eigenvalue weighted by molar-refractivity contribution is 5.41. The lowest BCUT2D eigenvalue weighted by molar-refractivity contribution is 0.403. The van der Waals surface area contributed by atoms with Crippen LogP contribution in [0.1, 0.15) is 22.3 Å². The third kappa shape index (κ3) is 4.70. The first-order valence-corrected chi connectivity index (χ1v) is 8.60. The van der Waals surface area contributed by atoms with Crippen LogP contribution < -0.4 is 0 Å². The second-order valence-electron chi connectivity index (χ2n) is 6.50. The zero-order valence-electron chi connectivity index (χ0n) is 14.4. The van der Waals surface area contributed by atoms with Crippen molar-refractivity contribution in [2.45, 2.75) is 25.7 Å². The molecule has 0 aromatic heterocycles. The SMILES string of the molecule is Oc1cc(O)cc(CCc2cccc(CCc3ccc(O)c(O)c3)c2)c1. The van der Waals surface area contributed by atoms with E-state index in [1.807, 2.05) is 12.1 Å². The lowest BCUT2D eigenvalue weighted by Crippen LogP contribution is -1.95. The molecule has 3 aromatic carbocycles. The van der Waals surface area contributed by atoms with E-state index in [1.165, 1.54) is 23.3 Å². The Bertz CT molecular complexity index is 882. The van der Waals surface area contributed by atoms with Gasteiger partial charge in [-0.15, -0.1) is 0 Å². The van der Waals surface area contributed by atoms with E-state index in [2.05, 4.69) is 18.2 Å². The summed E-state index contributed by atoms with van der Waals surface area (Å²) in [5.74, 6) is -0.0452. The molecule has 4 N–H and O–H groups in total. The van der Waals surface area contributed by atoms with Gasteiger partial charge in [0.05, 0.1) is 0 Å². The number of hydrogen-bond acceptors (Lipinski definition) is 4. The molecule has 0 bridgehead atoms. The minimum absolute atomic E-state index is 0.0749. The van der Waals surface area contributed by atoms with Gasteiger partial charge in [-0.2, -0.15) is 0 Å². The van der Waals surface area contributed by atoms with Crippen molar-refractivity contribution in [3.8, 4) is 23.0 Å². The molecule has 0 saturated heterocycles. The normalized spacial score (nSPS) is 10.8. The number of phenols is 4. The Morgan fingerprint density at radius 1 is 0.462 bits per heavy atom. The minimum Gasteiger partial charge on any atom is -0.508 e. The molecule has 4 heteroatoms. The highest BCUT2D eigenvalue weighted by Gasteiger charge is 2.04. The maximum atomic E-state index is 9.57. The molecule has 0 aliphatic carbocycles. The second-order valence-corrected chi connectivity index (χ2v) is 6.50. The van der Waals surface area contributed by atoms with Crippen LogP contribution >= 0.6 is 0 Å². The van der Waals surface area contributed by atoms with E-state index >= 15 is 0 Å². The van der Waals surface area contributed by atoms with Crippen molar-refractivity contribution >= 4 is 0 Å². The summed E-state index contributed by atoms with van der Waals surface area (Å²) in [6, 6.07) is 17.9. The van der Waals surface area contributed by atoms with Crippen LogP contribution in [0.3, 0.4) is 0 Å². The van der Waals surface area contributed by atoms with Gasteiger partial charge in [0.1, 0.15) is 11.5 Å². The third-order valence-electron chi connectivity index (χ3n) is 4.40. The van der Waals surface area contributed by atoms with E-state index in [9.17, 15) is 20.4 Å². The molecular weight excluding hydrogens is 328 g/mol. The van der Waals surface area contributed by atoms with Crippen LogP contribution in [-0.4, -0.2) is 20.4 Å². The van der Waals surface area contributed by atoms with Crippen molar-refractivity contribution in [2.24, 2.45) is 0 Å². The lowest BCUT2D eigenvalue weighted by atomic mass is 9.99. The molecule has 0 atom stereocenters. The van der Waals surface area contributed by atoms with E-state index in [1.54, 1.807) is 18.2 Å². The average Bonchev–Trinajstić information content (AvgIpc) is 2.61. The van der Waals surface area contributed by atoms with E-state index in [4.69, 9.17) is 0 Å². The van der Waals surface area contributed by atoms with Crippen LogP contribution in [0.15, 0.2) is 60.7 Å². The van der Waals surface area contributed by atoms with Crippen LogP contribution in [-0.2, 0) is 25.7 Å². The van der Waals surface area contributed by atoms with Crippen LogP contribution in [0.4, 0.5) is 0 Å². The van der Waals surface area contributed by atoms with Crippen molar-refractivity contribution < 1.29 is 20.4 Å². The van der Waals surface area contributed by atoms with Gasteiger partial charge >= 0.3 is 0 Å². The summed E-state index contributed by atoms with van der Waals surface area (Å²) >= 11 is 0. The Hall–Kier alpha value is -3.14. The number of aromatic hydroxyl groups is 4. The van der Waals surface area contributed by atoms with E-state index in [0.717, 1.165) is 36.8 Å². The standard InChI is InChI=1S/C22H22O4/c23-19-11-18(12-20(24)14-19)7-6-16-3-1-2-15(10-16)4-5-17-8-9-21(25)22(26)13-17/h1-3,8-14,23-26H,4-7H2. The molecule has 0 unspecified atom stereocenters. The van der Waals surface area contributed by atoms with Gasteiger partial charge in [-0.1, -0.05) is 30.3 Å². The number of rotatable bonds is 6. The predicted octanol–water partition coefficient (Wildman–Crippen LogP) is 4.08. The molecular formula is C22H22O4. The number of phenolic OH excluding ortho intramolecular Hbond substituents is 4. The first-order chi connectivity index (χ1) is 12.5. The predicted molar refractivity (Wildman–Crippen MR) is 101 cm³/mol. The van der Waals surface area contributed by atoms with Gasteiger partial charge in [-0.3, -0.25) is 0 Å². The Labute approximate surface area is 152 Å². The molecule has 3 aromatic rings.